The molecule has 0 bridgehead atoms. The van der Waals surface area contributed by atoms with Crippen LogP contribution < -0.4 is 11.1 Å². The van der Waals surface area contributed by atoms with Gasteiger partial charge in [-0.25, -0.2) is 4.39 Å². The summed E-state index contributed by atoms with van der Waals surface area (Å²) in [7, 11) is 0. The number of hydrogen-bond acceptors (Lipinski definition) is 2. The van der Waals surface area contributed by atoms with Gasteiger partial charge in [-0.15, -0.1) is 0 Å². The van der Waals surface area contributed by atoms with Gasteiger partial charge in [0.2, 0.25) is 5.91 Å². The third kappa shape index (κ3) is 2.67. The largest absolute Gasteiger partial charge is 0.326 e. The molecule has 21 heavy (non-hydrogen) atoms. The molecule has 1 heterocycles. The number of anilines is 1. The van der Waals surface area contributed by atoms with E-state index >= 15 is 0 Å². The molecule has 3 N–H and O–H groups in total. The minimum atomic E-state index is -0.372. The van der Waals surface area contributed by atoms with E-state index in [9.17, 15) is 9.18 Å². The molecule has 0 aromatic heterocycles. The second kappa shape index (κ2) is 5.30. The lowest BCUT2D eigenvalue weighted by molar-refractivity contribution is -0.116. The molecule has 0 aliphatic carbocycles. The summed E-state index contributed by atoms with van der Waals surface area (Å²) in [5, 5.41) is 2.84. The molecule has 0 saturated heterocycles. The maximum absolute atomic E-state index is 13.7. The van der Waals surface area contributed by atoms with Crippen LogP contribution in [0.15, 0.2) is 36.4 Å². The van der Waals surface area contributed by atoms with E-state index in [0.717, 1.165) is 22.4 Å². The van der Waals surface area contributed by atoms with Gasteiger partial charge in [-0.05, 0) is 47.7 Å². The van der Waals surface area contributed by atoms with Gasteiger partial charge in [0.1, 0.15) is 5.82 Å². The van der Waals surface area contributed by atoms with Crippen molar-refractivity contribution in [3.8, 4) is 0 Å². The Morgan fingerprint density at radius 2 is 1.86 bits per heavy atom. The first-order valence-electron chi connectivity index (χ1n) is 6.99. The second-order valence-electron chi connectivity index (χ2n) is 5.45. The number of carbonyl (C=O) groups excluding carboxylic acids is 1. The zero-order chi connectivity index (χ0) is 15.0. The predicted octanol–water partition coefficient (Wildman–Crippen LogP) is 3.07. The molecule has 3 rings (SSSR count). The average molecular weight is 284 g/mol. The van der Waals surface area contributed by atoms with E-state index < -0.39 is 0 Å². The highest BCUT2D eigenvalue weighted by Crippen LogP contribution is 2.28. The Morgan fingerprint density at radius 3 is 2.62 bits per heavy atom. The Labute approximate surface area is 123 Å². The van der Waals surface area contributed by atoms with Crippen molar-refractivity contribution in [1.29, 1.82) is 0 Å². The van der Waals surface area contributed by atoms with Crippen LogP contribution in [0.25, 0.3) is 0 Å². The summed E-state index contributed by atoms with van der Waals surface area (Å²) in [4.78, 5) is 11.4. The summed E-state index contributed by atoms with van der Waals surface area (Å²) in [6, 6.07) is 10.5. The number of nitrogens with two attached hydrogens (primary N) is 1. The molecular weight excluding hydrogens is 267 g/mol. The molecule has 1 atom stereocenters. The molecule has 1 aliphatic rings. The van der Waals surface area contributed by atoms with E-state index in [1.165, 1.54) is 6.07 Å². The summed E-state index contributed by atoms with van der Waals surface area (Å²) in [5.41, 5.74) is 10.4. The number of carbonyl (C=O) groups is 1. The average Bonchev–Trinajstić information content (AvgIpc) is 2.49. The van der Waals surface area contributed by atoms with Crippen molar-refractivity contribution in [2.75, 3.05) is 5.32 Å². The summed E-state index contributed by atoms with van der Waals surface area (Å²) in [6.45, 7) is 1.73. The maximum Gasteiger partial charge on any atom is 0.224 e. The van der Waals surface area contributed by atoms with Crippen LogP contribution in [0.2, 0.25) is 0 Å². The smallest absolute Gasteiger partial charge is 0.224 e. The van der Waals surface area contributed by atoms with E-state index in [0.29, 0.717) is 18.4 Å². The van der Waals surface area contributed by atoms with Crippen molar-refractivity contribution in [1.82, 2.24) is 0 Å². The Kier molecular flexibility index (Phi) is 3.47. The van der Waals surface area contributed by atoms with Crippen molar-refractivity contribution >= 4 is 11.6 Å². The summed E-state index contributed by atoms with van der Waals surface area (Å²) in [6.07, 6.45) is 1.20. The number of nitrogens with one attached hydrogen (secondary N) is 1. The molecule has 1 aliphatic heterocycles. The molecule has 1 amide bonds. The van der Waals surface area contributed by atoms with Crippen molar-refractivity contribution in [3.05, 3.63) is 64.5 Å². The van der Waals surface area contributed by atoms with Crippen LogP contribution in [0.4, 0.5) is 10.1 Å². The topological polar surface area (TPSA) is 55.1 Å². The van der Waals surface area contributed by atoms with Crippen LogP contribution in [-0.4, -0.2) is 5.91 Å². The number of aryl methyl sites for hydroxylation is 2. The van der Waals surface area contributed by atoms with Crippen molar-refractivity contribution in [2.45, 2.75) is 25.8 Å². The first-order chi connectivity index (χ1) is 10.0. The molecule has 0 saturated carbocycles. The van der Waals surface area contributed by atoms with Crippen LogP contribution in [0, 0.1) is 12.7 Å². The van der Waals surface area contributed by atoms with Crippen molar-refractivity contribution in [3.63, 3.8) is 0 Å². The highest BCUT2D eigenvalue weighted by atomic mass is 19.1. The van der Waals surface area contributed by atoms with Gasteiger partial charge in [0.25, 0.3) is 0 Å². The van der Waals surface area contributed by atoms with Gasteiger partial charge in [-0.2, -0.15) is 0 Å². The Balaban J connectivity index is 1.93. The van der Waals surface area contributed by atoms with Gasteiger partial charge in [0, 0.05) is 12.1 Å². The fraction of sp³-hybridized carbons (Fsp3) is 0.235. The van der Waals surface area contributed by atoms with Gasteiger partial charge >= 0.3 is 0 Å². The second-order valence-corrected chi connectivity index (χ2v) is 5.45. The van der Waals surface area contributed by atoms with E-state index in [-0.39, 0.29) is 17.8 Å². The number of amides is 1. The zero-order valence-electron chi connectivity index (χ0n) is 11.8. The van der Waals surface area contributed by atoms with Gasteiger partial charge in [-0.1, -0.05) is 24.3 Å². The molecule has 0 radical (unpaired) electrons. The van der Waals surface area contributed by atoms with Gasteiger partial charge in [-0.3, -0.25) is 4.79 Å². The van der Waals surface area contributed by atoms with E-state index in [1.54, 1.807) is 13.0 Å². The quantitative estimate of drug-likeness (QED) is 0.890. The predicted molar refractivity (Wildman–Crippen MR) is 80.6 cm³/mol. The normalized spacial score (nSPS) is 15.3. The fourth-order valence-corrected chi connectivity index (χ4v) is 2.59. The molecular formula is C17H17FN2O. The van der Waals surface area contributed by atoms with Crippen molar-refractivity contribution in [2.24, 2.45) is 5.73 Å². The van der Waals surface area contributed by atoms with Gasteiger partial charge in [0.15, 0.2) is 0 Å². The molecule has 0 fully saturated rings. The lowest BCUT2D eigenvalue weighted by atomic mass is 9.94. The Morgan fingerprint density at radius 1 is 1.14 bits per heavy atom. The van der Waals surface area contributed by atoms with Crippen LogP contribution in [0.5, 0.6) is 0 Å². The molecule has 2 aromatic rings. The zero-order valence-corrected chi connectivity index (χ0v) is 11.8. The number of fused-ring (bicyclic) bond motifs is 1. The first-order valence-corrected chi connectivity index (χ1v) is 6.99. The molecule has 4 heteroatoms. The standard InChI is InChI=1S/C17H17FN2O/c1-10-2-3-13(9-14(10)18)17(19)12-4-6-15-11(8-12)5-7-16(21)20-15/h2-4,6,8-9,17H,5,7,19H2,1H3,(H,20,21). The lowest BCUT2D eigenvalue weighted by Crippen LogP contribution is -2.20. The highest BCUT2D eigenvalue weighted by Gasteiger charge is 2.17. The SMILES string of the molecule is Cc1ccc(C(N)c2ccc3c(c2)CCC(=O)N3)cc1F. The van der Waals surface area contributed by atoms with Gasteiger partial charge < -0.3 is 11.1 Å². The summed E-state index contributed by atoms with van der Waals surface area (Å²) in [5.74, 6) is -0.201. The summed E-state index contributed by atoms with van der Waals surface area (Å²) < 4.78 is 13.7. The lowest BCUT2D eigenvalue weighted by Gasteiger charge is -2.20. The van der Waals surface area contributed by atoms with E-state index in [4.69, 9.17) is 5.73 Å². The third-order valence-electron chi connectivity index (χ3n) is 3.94. The number of hydrogen-bond donors (Lipinski definition) is 2. The third-order valence-corrected chi connectivity index (χ3v) is 3.94. The van der Waals surface area contributed by atoms with Crippen LogP contribution in [-0.2, 0) is 11.2 Å². The molecule has 2 aromatic carbocycles. The molecule has 0 spiro atoms. The monoisotopic (exact) mass is 284 g/mol. The minimum absolute atomic E-state index is 0.0418. The minimum Gasteiger partial charge on any atom is -0.326 e. The maximum atomic E-state index is 13.7. The Hall–Kier alpha value is -2.20. The first kappa shape index (κ1) is 13.8. The number of halogens is 1. The molecule has 108 valence electrons. The number of rotatable bonds is 2. The number of benzene rings is 2. The van der Waals surface area contributed by atoms with Crippen molar-refractivity contribution < 1.29 is 9.18 Å². The van der Waals surface area contributed by atoms with Crippen LogP contribution >= 0.6 is 0 Å². The fourth-order valence-electron chi connectivity index (χ4n) is 2.59. The van der Waals surface area contributed by atoms with Gasteiger partial charge in [0.05, 0.1) is 6.04 Å². The highest BCUT2D eigenvalue weighted by molar-refractivity contribution is 5.93. The summed E-state index contributed by atoms with van der Waals surface area (Å²) >= 11 is 0. The van der Waals surface area contributed by atoms with Crippen LogP contribution in [0.1, 0.15) is 34.7 Å². The molecule has 3 nitrogen and oxygen atoms in total. The Bertz CT molecular complexity index is 712. The molecule has 1 unspecified atom stereocenters. The van der Waals surface area contributed by atoms with Crippen LogP contribution in [0.3, 0.4) is 0 Å². The van der Waals surface area contributed by atoms with E-state index in [2.05, 4.69) is 5.32 Å². The van der Waals surface area contributed by atoms with E-state index in [1.807, 2.05) is 24.3 Å².